The number of halogens is 2. The Morgan fingerprint density at radius 1 is 0.917 bits per heavy atom. The lowest BCUT2D eigenvalue weighted by molar-refractivity contribution is 0.319. The number of benzene rings is 2. The number of pyridine rings is 2. The number of nitrogen functional groups attached to an aromatic ring is 1. The number of aromatic nitrogens is 6. The van der Waals surface area contributed by atoms with Crippen molar-refractivity contribution in [3.8, 4) is 28.2 Å². The highest BCUT2D eigenvalue weighted by molar-refractivity contribution is 6.43. The van der Waals surface area contributed by atoms with Crippen LogP contribution in [0.5, 0.6) is 0 Å². The molecule has 180 valence electrons. The van der Waals surface area contributed by atoms with Crippen LogP contribution in [0.1, 0.15) is 11.1 Å². The topological polar surface area (TPSA) is 98.6 Å². The van der Waals surface area contributed by atoms with Gasteiger partial charge in [-0.25, -0.2) is 4.98 Å². The van der Waals surface area contributed by atoms with Gasteiger partial charge in [-0.1, -0.05) is 59.6 Å². The lowest BCUT2D eigenvalue weighted by Gasteiger charge is -2.17. The molecular formula is C26H22Cl2N8. The van der Waals surface area contributed by atoms with Crippen LogP contribution in [0, 0.1) is 0 Å². The van der Waals surface area contributed by atoms with Gasteiger partial charge in [-0.2, -0.15) is 4.68 Å². The van der Waals surface area contributed by atoms with Crippen molar-refractivity contribution in [3.63, 3.8) is 0 Å². The second-order valence-corrected chi connectivity index (χ2v) is 9.16. The number of hydrogen-bond acceptors (Lipinski definition) is 7. The first-order chi connectivity index (χ1) is 17.5. The molecule has 10 heteroatoms. The van der Waals surface area contributed by atoms with Crippen molar-refractivity contribution in [2.24, 2.45) is 0 Å². The highest BCUT2D eigenvalue weighted by Gasteiger charge is 2.18. The van der Waals surface area contributed by atoms with Crippen molar-refractivity contribution in [1.29, 1.82) is 0 Å². The van der Waals surface area contributed by atoms with Crippen LogP contribution >= 0.6 is 23.2 Å². The minimum atomic E-state index is 0.307. The molecule has 0 saturated carbocycles. The summed E-state index contributed by atoms with van der Waals surface area (Å²) >= 11 is 12.6. The van der Waals surface area contributed by atoms with E-state index in [0.29, 0.717) is 32.9 Å². The molecule has 2 N–H and O–H groups in total. The summed E-state index contributed by atoms with van der Waals surface area (Å²) in [5.41, 5.74) is 11.6. The van der Waals surface area contributed by atoms with Gasteiger partial charge in [-0.15, -0.1) is 5.10 Å². The largest absolute Gasteiger partial charge is 0.383 e. The third kappa shape index (κ3) is 5.06. The minimum absolute atomic E-state index is 0.307. The van der Waals surface area contributed by atoms with Gasteiger partial charge in [-0.3, -0.25) is 9.88 Å². The van der Waals surface area contributed by atoms with Crippen LogP contribution in [0.15, 0.2) is 79.3 Å². The summed E-state index contributed by atoms with van der Waals surface area (Å²) in [5.74, 6) is 0.723. The Labute approximate surface area is 218 Å². The van der Waals surface area contributed by atoms with E-state index in [0.717, 1.165) is 24.2 Å². The summed E-state index contributed by atoms with van der Waals surface area (Å²) in [6.45, 7) is 1.64. The van der Waals surface area contributed by atoms with Gasteiger partial charge in [0.1, 0.15) is 5.82 Å². The summed E-state index contributed by atoms with van der Waals surface area (Å²) in [5, 5.41) is 12.9. The molecule has 0 aliphatic carbocycles. The zero-order valence-corrected chi connectivity index (χ0v) is 20.9. The van der Waals surface area contributed by atoms with Crippen LogP contribution < -0.4 is 5.73 Å². The Morgan fingerprint density at radius 2 is 1.72 bits per heavy atom. The third-order valence-electron chi connectivity index (χ3n) is 5.70. The van der Waals surface area contributed by atoms with Gasteiger partial charge in [0.2, 0.25) is 0 Å². The van der Waals surface area contributed by atoms with Crippen molar-refractivity contribution in [2.45, 2.75) is 13.1 Å². The fourth-order valence-corrected chi connectivity index (χ4v) is 4.33. The predicted octanol–water partition coefficient (Wildman–Crippen LogP) is 5.31. The van der Waals surface area contributed by atoms with Crippen molar-refractivity contribution in [1.82, 2.24) is 35.1 Å². The average molecular weight is 517 g/mol. The number of nitrogens with two attached hydrogens (primary N) is 1. The van der Waals surface area contributed by atoms with Crippen molar-refractivity contribution < 1.29 is 0 Å². The second kappa shape index (κ2) is 10.4. The predicted molar refractivity (Wildman–Crippen MR) is 142 cm³/mol. The van der Waals surface area contributed by atoms with Crippen LogP contribution in [0.2, 0.25) is 10.0 Å². The summed E-state index contributed by atoms with van der Waals surface area (Å²) in [4.78, 5) is 10.8. The molecule has 5 rings (SSSR count). The van der Waals surface area contributed by atoms with E-state index in [1.54, 1.807) is 30.6 Å². The Hall–Kier alpha value is -3.85. The van der Waals surface area contributed by atoms with Crippen molar-refractivity contribution in [2.75, 3.05) is 12.8 Å². The maximum absolute atomic E-state index is 6.41. The first-order valence-corrected chi connectivity index (χ1v) is 11.9. The number of hydrogen-bond donors (Lipinski definition) is 1. The molecule has 8 nitrogen and oxygen atoms in total. The number of tetrazole rings is 1. The molecular weight excluding hydrogens is 495 g/mol. The van der Waals surface area contributed by atoms with Gasteiger partial charge in [0.15, 0.2) is 5.82 Å². The molecule has 0 aliphatic rings. The molecule has 0 aliphatic heterocycles. The monoisotopic (exact) mass is 516 g/mol. The number of rotatable bonds is 7. The first-order valence-electron chi connectivity index (χ1n) is 11.1. The van der Waals surface area contributed by atoms with Crippen LogP contribution in [0.3, 0.4) is 0 Å². The molecule has 0 fully saturated rings. The van der Waals surface area contributed by atoms with E-state index < -0.39 is 0 Å². The Balaban J connectivity index is 1.39. The van der Waals surface area contributed by atoms with Gasteiger partial charge in [0, 0.05) is 37.2 Å². The van der Waals surface area contributed by atoms with E-state index in [4.69, 9.17) is 28.9 Å². The van der Waals surface area contributed by atoms with E-state index in [9.17, 15) is 0 Å². The summed E-state index contributed by atoms with van der Waals surface area (Å²) in [6.07, 6.45) is 5.41. The summed E-state index contributed by atoms with van der Waals surface area (Å²) in [7, 11) is 2.09. The Kier molecular flexibility index (Phi) is 6.90. The van der Waals surface area contributed by atoms with Crippen LogP contribution in [0.25, 0.3) is 28.2 Å². The minimum Gasteiger partial charge on any atom is -0.383 e. The van der Waals surface area contributed by atoms with Crippen LogP contribution in [-0.2, 0) is 13.1 Å². The zero-order chi connectivity index (χ0) is 25.1. The van der Waals surface area contributed by atoms with Gasteiger partial charge < -0.3 is 5.73 Å². The summed E-state index contributed by atoms with van der Waals surface area (Å²) in [6, 6.07) is 19.6. The van der Waals surface area contributed by atoms with E-state index in [2.05, 4.69) is 67.8 Å². The second-order valence-electron chi connectivity index (χ2n) is 8.37. The lowest BCUT2D eigenvalue weighted by Crippen LogP contribution is -2.17. The number of anilines is 1. The maximum Gasteiger partial charge on any atom is 0.190 e. The van der Waals surface area contributed by atoms with Crippen LogP contribution in [-0.4, -0.2) is 42.1 Å². The SMILES string of the molecule is CN(Cc1ccc(-c2cnc(N)c(-c3nnnn3-c3cccc(Cl)c3Cl)c2)cc1)Cc1cccnc1. The molecule has 0 bridgehead atoms. The molecule has 3 aromatic heterocycles. The zero-order valence-electron chi connectivity index (χ0n) is 19.4. The quantitative estimate of drug-likeness (QED) is 0.313. The molecule has 5 aromatic rings. The van der Waals surface area contributed by atoms with Crippen LogP contribution in [0.4, 0.5) is 5.82 Å². The normalized spacial score (nSPS) is 11.2. The fourth-order valence-electron chi connectivity index (χ4n) is 3.96. The molecule has 2 aromatic carbocycles. The van der Waals surface area contributed by atoms with Crippen molar-refractivity contribution >= 4 is 29.0 Å². The Bertz CT molecular complexity index is 1490. The molecule has 0 unspecified atom stereocenters. The van der Waals surface area contributed by atoms with Gasteiger partial charge in [0.25, 0.3) is 0 Å². The Morgan fingerprint density at radius 3 is 2.50 bits per heavy atom. The molecule has 36 heavy (non-hydrogen) atoms. The molecule has 0 amide bonds. The molecule has 0 radical (unpaired) electrons. The van der Waals surface area contributed by atoms with Gasteiger partial charge in [-0.05, 0) is 58.4 Å². The van der Waals surface area contributed by atoms with E-state index in [-0.39, 0.29) is 0 Å². The highest BCUT2D eigenvalue weighted by atomic mass is 35.5. The third-order valence-corrected chi connectivity index (χ3v) is 6.51. The highest BCUT2D eigenvalue weighted by Crippen LogP contribution is 2.33. The lowest BCUT2D eigenvalue weighted by atomic mass is 10.0. The molecule has 0 atom stereocenters. The molecule has 0 saturated heterocycles. The molecule has 0 spiro atoms. The standard InChI is InChI=1S/C26H22Cl2N8/c1-35(16-18-4-3-11-30-13-18)15-17-7-9-19(10-8-17)20-12-21(25(29)31-14-20)26-32-33-34-36(26)23-6-2-5-22(27)24(23)28/h2-14H,15-16H2,1H3,(H2,29,31). The smallest absolute Gasteiger partial charge is 0.190 e. The maximum atomic E-state index is 6.41. The molecule has 3 heterocycles. The summed E-state index contributed by atoms with van der Waals surface area (Å²) < 4.78 is 1.51. The van der Waals surface area contributed by atoms with Gasteiger partial charge in [0.05, 0.1) is 21.3 Å². The average Bonchev–Trinajstić information content (AvgIpc) is 3.36. The first kappa shape index (κ1) is 23.9. The van der Waals surface area contributed by atoms with E-state index >= 15 is 0 Å². The van der Waals surface area contributed by atoms with E-state index in [1.165, 1.54) is 15.8 Å². The van der Waals surface area contributed by atoms with E-state index in [1.807, 2.05) is 18.3 Å². The van der Waals surface area contributed by atoms with Gasteiger partial charge >= 0.3 is 0 Å². The fraction of sp³-hybridized carbons (Fsp3) is 0.115. The number of nitrogens with zero attached hydrogens (tertiary/aromatic N) is 7. The van der Waals surface area contributed by atoms with Crippen molar-refractivity contribution in [3.05, 3.63) is 100 Å².